The zero-order valence-electron chi connectivity index (χ0n) is 25.0. The first-order chi connectivity index (χ1) is 18.1. The Bertz CT molecular complexity index is 1040. The van der Waals surface area contributed by atoms with Crippen molar-refractivity contribution in [3.63, 3.8) is 0 Å². The summed E-state index contributed by atoms with van der Waals surface area (Å²) in [6.07, 6.45) is 10.9. The number of cyclic esters (lactones) is 1. The first-order valence-corrected chi connectivity index (χ1v) is 14.6. The van der Waals surface area contributed by atoms with Crippen LogP contribution in [-0.4, -0.2) is 81.3 Å². The molecule has 1 spiro atoms. The Morgan fingerprint density at radius 3 is 2.33 bits per heavy atom. The molecule has 2 fully saturated rings. The molecule has 4 aliphatic heterocycles. The lowest BCUT2D eigenvalue weighted by Crippen LogP contribution is -2.62. The van der Waals surface area contributed by atoms with Crippen LogP contribution in [0.15, 0.2) is 24.3 Å². The summed E-state index contributed by atoms with van der Waals surface area (Å²) in [6.45, 7) is 16.6. The topological polar surface area (TPSA) is 96.4 Å². The molecule has 1 N–H and O–H groups in total. The van der Waals surface area contributed by atoms with E-state index in [9.17, 15) is 19.5 Å². The number of likely N-dealkylation sites (tertiary alicyclic amines) is 1. The lowest BCUT2D eigenvalue weighted by atomic mass is 9.74. The van der Waals surface area contributed by atoms with Gasteiger partial charge in [-0.2, -0.15) is 0 Å². The van der Waals surface area contributed by atoms with Crippen LogP contribution in [0.3, 0.4) is 0 Å². The molecule has 218 valence electrons. The van der Waals surface area contributed by atoms with Gasteiger partial charge in [0.15, 0.2) is 0 Å². The molecule has 4 heterocycles. The Hall–Kier alpha value is -2.19. The van der Waals surface area contributed by atoms with E-state index in [2.05, 4.69) is 34.6 Å². The molecule has 8 heteroatoms. The molecule has 0 aromatic carbocycles. The first-order valence-electron chi connectivity index (χ1n) is 14.6. The monoisotopic (exact) mass is 544 g/mol. The fourth-order valence-electron chi connectivity index (χ4n) is 7.65. The number of hydrogen-bond donors (Lipinski definition) is 1. The second kappa shape index (κ2) is 10.3. The number of carbonyl (C=O) groups excluding carboxylic acids is 3. The molecule has 0 aromatic heterocycles. The Kier molecular flexibility index (Phi) is 7.89. The number of aliphatic hydroxyl groups is 1. The van der Waals surface area contributed by atoms with Crippen LogP contribution in [0.4, 0.5) is 0 Å². The Labute approximate surface area is 233 Å². The van der Waals surface area contributed by atoms with E-state index in [4.69, 9.17) is 9.47 Å². The van der Waals surface area contributed by atoms with Crippen LogP contribution in [-0.2, 0) is 23.9 Å². The highest BCUT2D eigenvalue weighted by Gasteiger charge is 2.75. The molecule has 4 aliphatic rings. The van der Waals surface area contributed by atoms with Crippen molar-refractivity contribution in [1.29, 1.82) is 0 Å². The summed E-state index contributed by atoms with van der Waals surface area (Å²) in [5.41, 5.74) is -3.03. The minimum absolute atomic E-state index is 0.0366. The maximum Gasteiger partial charge on any atom is 0.313 e. The number of esters is 1. The van der Waals surface area contributed by atoms with Gasteiger partial charge in [0.25, 0.3) is 0 Å². The van der Waals surface area contributed by atoms with Crippen molar-refractivity contribution in [2.45, 2.75) is 110 Å². The average molecular weight is 545 g/mol. The highest BCUT2D eigenvalue weighted by molar-refractivity contribution is 5.99. The van der Waals surface area contributed by atoms with Crippen LogP contribution in [0.2, 0.25) is 0 Å². The van der Waals surface area contributed by atoms with Crippen molar-refractivity contribution >= 4 is 17.8 Å². The van der Waals surface area contributed by atoms with Crippen LogP contribution >= 0.6 is 0 Å². The summed E-state index contributed by atoms with van der Waals surface area (Å²) in [5, 5.41) is 10.5. The molecule has 0 saturated carbocycles. The largest absolute Gasteiger partial charge is 0.465 e. The Morgan fingerprint density at radius 1 is 1.03 bits per heavy atom. The zero-order chi connectivity index (χ0) is 29.0. The maximum absolute atomic E-state index is 14.7. The van der Waals surface area contributed by atoms with Gasteiger partial charge in [-0.1, -0.05) is 58.9 Å². The van der Waals surface area contributed by atoms with E-state index >= 15 is 0 Å². The highest BCUT2D eigenvalue weighted by atomic mass is 16.6. The molecule has 2 saturated heterocycles. The van der Waals surface area contributed by atoms with Gasteiger partial charge in [-0.05, 0) is 57.8 Å². The highest BCUT2D eigenvalue weighted by Crippen LogP contribution is 2.58. The smallest absolute Gasteiger partial charge is 0.313 e. The standard InChI is InChI=1S/C31H48N2O6/c1-20(2)21(18-34)33-24-26(36)32(29(6,7)19-28(3,4)5)16-13-15-31(24)22(25(33)35)23-27(37)38-17-12-10-9-11-14-30(23,8)39-31/h11,13-15,20-24,34H,9-10,12,16-19H2,1-8H3/b14-11-/t21-,22-,23+,24?,30-,31-/m0/s1. The second-order valence-electron chi connectivity index (χ2n) is 14.2. The second-order valence-corrected chi connectivity index (χ2v) is 14.2. The Balaban J connectivity index is 1.90. The van der Waals surface area contributed by atoms with Gasteiger partial charge in [-0.25, -0.2) is 0 Å². The molecule has 2 amide bonds. The molecular formula is C31H48N2O6. The van der Waals surface area contributed by atoms with Gasteiger partial charge in [0.1, 0.15) is 17.6 Å². The van der Waals surface area contributed by atoms with E-state index in [-0.39, 0.29) is 36.4 Å². The average Bonchev–Trinajstić information content (AvgIpc) is 3.12. The van der Waals surface area contributed by atoms with E-state index in [1.807, 2.05) is 50.0 Å². The maximum atomic E-state index is 14.7. The van der Waals surface area contributed by atoms with Crippen molar-refractivity contribution in [1.82, 2.24) is 9.80 Å². The van der Waals surface area contributed by atoms with Crippen LogP contribution in [0, 0.1) is 23.2 Å². The Morgan fingerprint density at radius 2 is 1.72 bits per heavy atom. The van der Waals surface area contributed by atoms with Gasteiger partial charge in [0.2, 0.25) is 11.8 Å². The number of rotatable bonds is 5. The zero-order valence-corrected chi connectivity index (χ0v) is 25.0. The number of ether oxygens (including phenoxy) is 2. The summed E-state index contributed by atoms with van der Waals surface area (Å²) >= 11 is 0. The van der Waals surface area contributed by atoms with Gasteiger partial charge in [-0.15, -0.1) is 0 Å². The van der Waals surface area contributed by atoms with E-state index in [0.29, 0.717) is 6.54 Å². The molecule has 39 heavy (non-hydrogen) atoms. The lowest BCUT2D eigenvalue weighted by molar-refractivity contribution is -0.164. The van der Waals surface area contributed by atoms with Crippen molar-refractivity contribution in [2.75, 3.05) is 19.8 Å². The molecule has 0 bridgehead atoms. The van der Waals surface area contributed by atoms with Crippen molar-refractivity contribution in [3.8, 4) is 0 Å². The van der Waals surface area contributed by atoms with E-state index in [1.165, 1.54) is 0 Å². The number of hydrogen-bond acceptors (Lipinski definition) is 6. The molecule has 0 aromatic rings. The van der Waals surface area contributed by atoms with Crippen molar-refractivity contribution < 1.29 is 29.0 Å². The van der Waals surface area contributed by atoms with Crippen LogP contribution in [0.5, 0.6) is 0 Å². The minimum atomic E-state index is -1.36. The molecule has 4 rings (SSSR count). The third-order valence-corrected chi connectivity index (χ3v) is 8.95. The minimum Gasteiger partial charge on any atom is -0.465 e. The number of carbonyl (C=O) groups is 3. The van der Waals surface area contributed by atoms with Crippen LogP contribution in [0.1, 0.15) is 81.1 Å². The number of amides is 2. The SMILES string of the molecule is CC(C)[C@H](CO)N1C(=O)[C@@H]2[C@@H]3C(=O)OCCCC/C=C\[C@]3(C)O[C@@]23C=CCN(C(C)(C)CC(C)(C)C)C(=O)C13. The molecule has 8 nitrogen and oxygen atoms in total. The number of allylic oxidation sites excluding steroid dienone is 1. The first kappa shape index (κ1) is 29.8. The molecular weight excluding hydrogens is 496 g/mol. The number of fused-ring (bicyclic) bond motifs is 2. The summed E-state index contributed by atoms with van der Waals surface area (Å²) in [5.74, 6) is -2.99. The third kappa shape index (κ3) is 5.08. The van der Waals surface area contributed by atoms with Crippen LogP contribution < -0.4 is 0 Å². The van der Waals surface area contributed by atoms with Gasteiger partial charge >= 0.3 is 5.97 Å². The molecule has 0 aliphatic carbocycles. The predicted molar refractivity (Wildman–Crippen MR) is 149 cm³/mol. The fourth-order valence-corrected chi connectivity index (χ4v) is 7.65. The molecule has 6 atom stereocenters. The predicted octanol–water partition coefficient (Wildman–Crippen LogP) is 3.87. The fraction of sp³-hybridized carbons (Fsp3) is 0.774. The van der Waals surface area contributed by atoms with Crippen molar-refractivity contribution in [3.05, 3.63) is 24.3 Å². The number of aliphatic hydroxyl groups excluding tert-OH is 1. The van der Waals surface area contributed by atoms with Crippen LogP contribution in [0.25, 0.3) is 0 Å². The third-order valence-electron chi connectivity index (χ3n) is 8.95. The van der Waals surface area contributed by atoms with Gasteiger partial charge < -0.3 is 24.4 Å². The van der Waals surface area contributed by atoms with Gasteiger partial charge in [0, 0.05) is 12.1 Å². The van der Waals surface area contributed by atoms with E-state index in [1.54, 1.807) is 4.90 Å². The van der Waals surface area contributed by atoms with Gasteiger partial charge in [-0.3, -0.25) is 14.4 Å². The summed E-state index contributed by atoms with van der Waals surface area (Å²) in [6, 6.07) is -1.61. The molecule has 0 radical (unpaired) electrons. The molecule has 1 unspecified atom stereocenters. The lowest BCUT2D eigenvalue weighted by Gasteiger charge is -2.46. The summed E-state index contributed by atoms with van der Waals surface area (Å²) < 4.78 is 12.6. The van der Waals surface area contributed by atoms with E-state index in [0.717, 1.165) is 25.7 Å². The summed E-state index contributed by atoms with van der Waals surface area (Å²) in [4.78, 5) is 46.2. The van der Waals surface area contributed by atoms with Gasteiger partial charge in [0.05, 0.1) is 30.8 Å². The van der Waals surface area contributed by atoms with E-state index < -0.39 is 46.6 Å². The quantitative estimate of drug-likeness (QED) is 0.417. The summed E-state index contributed by atoms with van der Waals surface area (Å²) in [7, 11) is 0. The van der Waals surface area contributed by atoms with Crippen molar-refractivity contribution in [2.24, 2.45) is 23.2 Å². The normalized spacial score (nSPS) is 35.3. The number of nitrogens with zero attached hydrogens (tertiary/aromatic N) is 2.